The van der Waals surface area contributed by atoms with Crippen molar-refractivity contribution >= 4 is 54.1 Å². The minimum Gasteiger partial charge on any atom is -0.309 e. The Morgan fingerprint density at radius 2 is 0.980 bits per heavy atom. The van der Waals surface area contributed by atoms with Crippen molar-refractivity contribution in [1.29, 1.82) is 0 Å². The monoisotopic (exact) mass is 629 g/mol. The van der Waals surface area contributed by atoms with E-state index >= 15 is 0 Å². The maximum Gasteiger partial charge on any atom is 0.0632 e. The third-order valence-electron chi connectivity index (χ3n) is 10.8. The molecule has 0 atom stereocenters. The number of aromatic nitrogens is 1. The summed E-state index contributed by atoms with van der Waals surface area (Å²) in [6.07, 6.45) is 0. The van der Waals surface area contributed by atoms with Gasteiger partial charge >= 0.3 is 0 Å². The normalized spacial score (nSPS) is 12.0. The molecule has 0 spiro atoms. The molecule has 0 saturated heterocycles. The molecule has 0 fully saturated rings. The second-order valence-electron chi connectivity index (χ2n) is 14.0. The molecule has 1 heteroatoms. The van der Waals surface area contributed by atoms with E-state index in [0.29, 0.717) is 5.92 Å². The van der Waals surface area contributed by atoms with Crippen LogP contribution in [0.15, 0.2) is 140 Å². The first kappa shape index (κ1) is 29.5. The van der Waals surface area contributed by atoms with Gasteiger partial charge in [0.1, 0.15) is 0 Å². The summed E-state index contributed by atoms with van der Waals surface area (Å²) in [7, 11) is 0. The summed E-state index contributed by atoms with van der Waals surface area (Å²) in [4.78, 5) is 0. The Labute approximate surface area is 288 Å². The first-order valence-corrected chi connectivity index (χ1v) is 17.5. The van der Waals surface area contributed by atoms with Gasteiger partial charge in [0.25, 0.3) is 0 Å². The van der Waals surface area contributed by atoms with Crippen molar-refractivity contribution < 1.29 is 0 Å². The standard InChI is InChI=1S/C48H39N/c1-29(2)42-28-33(26-27-36(42)34-18-8-6-16-30(34)3)49-43-25-15-14-24-41(43)46-39-22-12-11-21-38(39)45-32(5)44(35-19-9-7-17-31(35)4)37-20-10-13-23-40(37)47(45)48(46)49/h6-29H,1-5H3. The largest absolute Gasteiger partial charge is 0.309 e. The Hall–Kier alpha value is -5.66. The number of para-hydroxylation sites is 1. The molecule has 1 heterocycles. The molecule has 0 unspecified atom stereocenters. The number of rotatable bonds is 4. The van der Waals surface area contributed by atoms with E-state index in [1.54, 1.807) is 0 Å². The molecule has 0 amide bonds. The molecule has 8 aromatic carbocycles. The zero-order valence-electron chi connectivity index (χ0n) is 28.8. The van der Waals surface area contributed by atoms with Crippen molar-refractivity contribution in [2.24, 2.45) is 0 Å². The molecular weight excluding hydrogens is 591 g/mol. The molecule has 0 saturated carbocycles. The Balaban J connectivity index is 1.52. The van der Waals surface area contributed by atoms with Gasteiger partial charge in [0, 0.05) is 21.8 Å². The number of benzene rings is 8. The highest BCUT2D eigenvalue weighted by Crippen LogP contribution is 2.49. The first-order chi connectivity index (χ1) is 23.9. The van der Waals surface area contributed by atoms with Gasteiger partial charge in [0.05, 0.1) is 11.0 Å². The fraction of sp³-hybridized carbons (Fsp3) is 0.125. The lowest BCUT2D eigenvalue weighted by atomic mass is 9.84. The van der Waals surface area contributed by atoms with Gasteiger partial charge in [-0.05, 0) is 116 Å². The molecular formula is C48H39N. The van der Waals surface area contributed by atoms with Gasteiger partial charge in [-0.1, -0.05) is 135 Å². The topological polar surface area (TPSA) is 4.93 Å². The van der Waals surface area contributed by atoms with E-state index in [0.717, 1.165) is 0 Å². The van der Waals surface area contributed by atoms with E-state index in [4.69, 9.17) is 0 Å². The van der Waals surface area contributed by atoms with Crippen LogP contribution in [-0.2, 0) is 0 Å². The lowest BCUT2D eigenvalue weighted by Gasteiger charge is -2.21. The van der Waals surface area contributed by atoms with Crippen molar-refractivity contribution in [1.82, 2.24) is 4.57 Å². The second-order valence-corrected chi connectivity index (χ2v) is 14.0. The van der Waals surface area contributed by atoms with Crippen molar-refractivity contribution in [3.63, 3.8) is 0 Å². The van der Waals surface area contributed by atoms with E-state index in [1.807, 2.05) is 0 Å². The van der Waals surface area contributed by atoms with Gasteiger partial charge < -0.3 is 4.57 Å². The van der Waals surface area contributed by atoms with Crippen molar-refractivity contribution in [3.05, 3.63) is 162 Å². The van der Waals surface area contributed by atoms with Crippen LogP contribution in [0.25, 0.3) is 82.1 Å². The van der Waals surface area contributed by atoms with Crippen molar-refractivity contribution in [2.45, 2.75) is 40.5 Å². The van der Waals surface area contributed by atoms with Gasteiger partial charge in [-0.3, -0.25) is 0 Å². The molecule has 9 aromatic rings. The molecule has 0 bridgehead atoms. The highest BCUT2D eigenvalue weighted by molar-refractivity contribution is 6.38. The molecule has 9 rings (SSSR count). The molecule has 0 radical (unpaired) electrons. The fourth-order valence-electron chi connectivity index (χ4n) is 8.58. The van der Waals surface area contributed by atoms with E-state index in [1.165, 1.54) is 104 Å². The van der Waals surface area contributed by atoms with E-state index in [-0.39, 0.29) is 0 Å². The number of hydrogen-bond acceptors (Lipinski definition) is 0. The van der Waals surface area contributed by atoms with Gasteiger partial charge in [0.2, 0.25) is 0 Å². The maximum atomic E-state index is 2.56. The van der Waals surface area contributed by atoms with Crippen LogP contribution in [0.5, 0.6) is 0 Å². The second kappa shape index (κ2) is 11.2. The van der Waals surface area contributed by atoms with Crippen LogP contribution in [-0.4, -0.2) is 4.57 Å². The zero-order chi connectivity index (χ0) is 33.4. The first-order valence-electron chi connectivity index (χ1n) is 17.5. The van der Waals surface area contributed by atoms with Crippen LogP contribution in [0, 0.1) is 20.8 Å². The molecule has 0 N–H and O–H groups in total. The highest BCUT2D eigenvalue weighted by atomic mass is 15.0. The molecule has 1 nitrogen and oxygen atoms in total. The quantitative estimate of drug-likeness (QED) is 0.171. The number of hydrogen-bond donors (Lipinski definition) is 0. The van der Waals surface area contributed by atoms with E-state index in [9.17, 15) is 0 Å². The van der Waals surface area contributed by atoms with Gasteiger partial charge in [-0.25, -0.2) is 0 Å². The predicted octanol–water partition coefficient (Wildman–Crippen LogP) is 13.6. The van der Waals surface area contributed by atoms with E-state index in [2.05, 4.69) is 179 Å². The van der Waals surface area contributed by atoms with E-state index < -0.39 is 0 Å². The SMILES string of the molecule is Cc1ccccc1-c1ccc(-n2c3ccccc3c3c4ccccc4c4c(C)c(-c5ccccc5C)c5ccccc5c4c32)cc1C(C)C. The van der Waals surface area contributed by atoms with Crippen LogP contribution >= 0.6 is 0 Å². The van der Waals surface area contributed by atoms with Gasteiger partial charge in [0.15, 0.2) is 0 Å². The van der Waals surface area contributed by atoms with Crippen LogP contribution in [0.3, 0.4) is 0 Å². The minimum atomic E-state index is 0.361. The minimum absolute atomic E-state index is 0.361. The zero-order valence-corrected chi connectivity index (χ0v) is 28.8. The number of aryl methyl sites for hydroxylation is 3. The summed E-state index contributed by atoms with van der Waals surface area (Å²) in [6.45, 7) is 11.4. The average molecular weight is 630 g/mol. The molecule has 236 valence electrons. The summed E-state index contributed by atoms with van der Waals surface area (Å²) in [6, 6.07) is 51.9. The Bertz CT molecular complexity index is 2770. The molecule has 0 aliphatic rings. The maximum absolute atomic E-state index is 2.56. The predicted molar refractivity (Wildman–Crippen MR) is 212 cm³/mol. The van der Waals surface area contributed by atoms with Gasteiger partial charge in [-0.15, -0.1) is 0 Å². The summed E-state index contributed by atoms with van der Waals surface area (Å²) < 4.78 is 2.56. The Morgan fingerprint density at radius 3 is 1.63 bits per heavy atom. The molecule has 1 aromatic heterocycles. The number of nitrogens with zero attached hydrogens (tertiary/aromatic N) is 1. The Morgan fingerprint density at radius 1 is 0.449 bits per heavy atom. The fourth-order valence-corrected chi connectivity index (χ4v) is 8.58. The lowest BCUT2D eigenvalue weighted by Crippen LogP contribution is -2.01. The summed E-state index contributed by atoms with van der Waals surface area (Å²) in [5.74, 6) is 0.361. The molecule has 0 aliphatic carbocycles. The van der Waals surface area contributed by atoms with Crippen LogP contribution in [0.4, 0.5) is 0 Å². The van der Waals surface area contributed by atoms with Crippen molar-refractivity contribution in [2.75, 3.05) is 0 Å². The third-order valence-corrected chi connectivity index (χ3v) is 10.8. The smallest absolute Gasteiger partial charge is 0.0632 e. The van der Waals surface area contributed by atoms with Crippen molar-refractivity contribution in [3.8, 4) is 27.9 Å². The van der Waals surface area contributed by atoms with Gasteiger partial charge in [-0.2, -0.15) is 0 Å². The summed E-state index contributed by atoms with van der Waals surface area (Å²) >= 11 is 0. The molecule has 49 heavy (non-hydrogen) atoms. The molecule has 0 aliphatic heterocycles. The van der Waals surface area contributed by atoms with Crippen LogP contribution in [0.2, 0.25) is 0 Å². The van der Waals surface area contributed by atoms with Crippen LogP contribution < -0.4 is 0 Å². The third kappa shape index (κ3) is 4.32. The van der Waals surface area contributed by atoms with Crippen LogP contribution in [0.1, 0.15) is 42.0 Å². The number of fused-ring (bicyclic) bond motifs is 10. The average Bonchev–Trinajstić information content (AvgIpc) is 3.47. The lowest BCUT2D eigenvalue weighted by molar-refractivity contribution is 0.866. The highest BCUT2D eigenvalue weighted by Gasteiger charge is 2.24. The summed E-state index contributed by atoms with van der Waals surface area (Å²) in [5.41, 5.74) is 14.3. The Kier molecular flexibility index (Phi) is 6.74. The summed E-state index contributed by atoms with van der Waals surface area (Å²) in [5, 5.41) is 10.5.